The summed E-state index contributed by atoms with van der Waals surface area (Å²) in [6.45, 7) is 3.03. The van der Waals surface area contributed by atoms with Crippen molar-refractivity contribution in [2.24, 2.45) is 0 Å². The molecular formula is C24H25BrN2O4S2. The van der Waals surface area contributed by atoms with Crippen LogP contribution in [0.2, 0.25) is 0 Å². The van der Waals surface area contributed by atoms with Crippen molar-refractivity contribution in [3.05, 3.63) is 57.4 Å². The maximum atomic E-state index is 12.7. The van der Waals surface area contributed by atoms with Gasteiger partial charge in [0.2, 0.25) is 5.91 Å². The van der Waals surface area contributed by atoms with Crippen LogP contribution in [0.5, 0.6) is 11.5 Å². The quantitative estimate of drug-likeness (QED) is 0.217. The van der Waals surface area contributed by atoms with Gasteiger partial charge in [0.05, 0.1) is 11.5 Å². The number of thiocarbonyl (C=S) groups is 1. The molecule has 1 fully saturated rings. The zero-order valence-electron chi connectivity index (χ0n) is 18.2. The molecule has 1 aliphatic heterocycles. The summed E-state index contributed by atoms with van der Waals surface area (Å²) >= 11 is 9.97. The average molecular weight is 550 g/mol. The predicted octanol–water partition coefficient (Wildman–Crippen LogP) is 5.95. The number of benzene rings is 2. The minimum Gasteiger partial charge on any atom is -0.507 e. The Morgan fingerprint density at radius 3 is 2.70 bits per heavy atom. The van der Waals surface area contributed by atoms with Crippen molar-refractivity contribution >= 4 is 67.8 Å². The molecule has 0 aromatic heterocycles. The molecule has 3 rings (SSSR count). The van der Waals surface area contributed by atoms with Gasteiger partial charge in [-0.15, -0.1) is 0 Å². The summed E-state index contributed by atoms with van der Waals surface area (Å²) < 4.78 is 6.72. The lowest BCUT2D eigenvalue weighted by Gasteiger charge is -2.14. The first kappa shape index (κ1) is 25.3. The van der Waals surface area contributed by atoms with E-state index in [2.05, 4.69) is 21.2 Å². The Morgan fingerprint density at radius 2 is 1.97 bits per heavy atom. The van der Waals surface area contributed by atoms with Crippen molar-refractivity contribution in [3.8, 4) is 11.5 Å². The summed E-state index contributed by atoms with van der Waals surface area (Å²) in [5, 5.41) is 12.9. The highest BCUT2D eigenvalue weighted by Crippen LogP contribution is 2.35. The van der Waals surface area contributed by atoms with E-state index in [1.54, 1.807) is 29.2 Å². The van der Waals surface area contributed by atoms with Gasteiger partial charge in [-0.3, -0.25) is 14.5 Å². The van der Waals surface area contributed by atoms with E-state index in [-0.39, 0.29) is 17.6 Å². The van der Waals surface area contributed by atoms with Crippen molar-refractivity contribution in [1.29, 1.82) is 0 Å². The summed E-state index contributed by atoms with van der Waals surface area (Å²) in [7, 11) is 0. The monoisotopic (exact) mass is 548 g/mol. The summed E-state index contributed by atoms with van der Waals surface area (Å²) in [5.41, 5.74) is 1.30. The van der Waals surface area contributed by atoms with E-state index >= 15 is 0 Å². The number of hydrogen-bond acceptors (Lipinski definition) is 6. The molecule has 2 amide bonds. The number of unbranched alkanes of at least 4 members (excludes halogenated alkanes) is 2. The Labute approximate surface area is 211 Å². The van der Waals surface area contributed by atoms with Gasteiger partial charge < -0.3 is 15.2 Å². The molecule has 0 bridgehead atoms. The number of carbonyl (C=O) groups is 2. The highest BCUT2D eigenvalue weighted by Gasteiger charge is 2.31. The number of nitrogens with zero attached hydrogens (tertiary/aromatic N) is 1. The van der Waals surface area contributed by atoms with E-state index in [1.807, 2.05) is 31.2 Å². The van der Waals surface area contributed by atoms with E-state index in [0.717, 1.165) is 35.2 Å². The number of phenols is 1. The number of rotatable bonds is 10. The van der Waals surface area contributed by atoms with E-state index in [1.165, 1.54) is 11.8 Å². The predicted molar refractivity (Wildman–Crippen MR) is 140 cm³/mol. The SMILES string of the molecule is CCOc1ccc(NC(=O)CCCCCN2C(=O)/C(=C/c3cc(Br)ccc3O)SC2=S)cc1. The molecule has 1 saturated heterocycles. The summed E-state index contributed by atoms with van der Waals surface area (Å²) in [4.78, 5) is 27.0. The molecule has 0 saturated carbocycles. The summed E-state index contributed by atoms with van der Waals surface area (Å²) in [5.74, 6) is 0.681. The normalized spacial score (nSPS) is 14.7. The maximum Gasteiger partial charge on any atom is 0.266 e. The van der Waals surface area contributed by atoms with E-state index < -0.39 is 0 Å². The fraction of sp³-hybridized carbons (Fsp3) is 0.292. The van der Waals surface area contributed by atoms with Crippen molar-refractivity contribution < 1.29 is 19.4 Å². The Bertz CT molecular complexity index is 1060. The average Bonchev–Trinajstić information content (AvgIpc) is 3.05. The molecule has 0 aliphatic carbocycles. The van der Waals surface area contributed by atoms with E-state index in [0.29, 0.717) is 34.4 Å². The number of anilines is 1. The number of ether oxygens (including phenoxy) is 1. The van der Waals surface area contributed by atoms with Gasteiger partial charge in [-0.05, 0) is 68.3 Å². The third-order valence-electron chi connectivity index (χ3n) is 4.88. The van der Waals surface area contributed by atoms with Crippen molar-refractivity contribution in [3.63, 3.8) is 0 Å². The lowest BCUT2D eigenvalue weighted by Crippen LogP contribution is -2.29. The molecule has 6 nitrogen and oxygen atoms in total. The van der Waals surface area contributed by atoms with Gasteiger partial charge in [-0.25, -0.2) is 0 Å². The highest BCUT2D eigenvalue weighted by molar-refractivity contribution is 9.10. The molecule has 2 N–H and O–H groups in total. The first-order chi connectivity index (χ1) is 15.9. The van der Waals surface area contributed by atoms with Gasteiger partial charge in [0.15, 0.2) is 0 Å². The molecule has 0 spiro atoms. The van der Waals surface area contributed by atoms with Crippen LogP contribution >= 0.6 is 39.9 Å². The van der Waals surface area contributed by atoms with Gasteiger partial charge in [0.1, 0.15) is 15.8 Å². The Hall–Kier alpha value is -2.36. The van der Waals surface area contributed by atoms with Crippen LogP contribution in [0.15, 0.2) is 51.8 Å². The molecule has 0 radical (unpaired) electrons. The summed E-state index contributed by atoms with van der Waals surface area (Å²) in [6, 6.07) is 12.3. The largest absolute Gasteiger partial charge is 0.507 e. The molecule has 1 heterocycles. The van der Waals surface area contributed by atoms with Gasteiger partial charge in [0.25, 0.3) is 5.91 Å². The Morgan fingerprint density at radius 1 is 1.21 bits per heavy atom. The second-order valence-corrected chi connectivity index (χ2v) is 9.94. The fourth-order valence-electron chi connectivity index (χ4n) is 3.23. The van der Waals surface area contributed by atoms with E-state index in [9.17, 15) is 14.7 Å². The van der Waals surface area contributed by atoms with Crippen molar-refractivity contribution in [1.82, 2.24) is 4.90 Å². The molecule has 1 aliphatic rings. The van der Waals surface area contributed by atoms with Crippen LogP contribution < -0.4 is 10.1 Å². The van der Waals surface area contributed by atoms with Gasteiger partial charge in [-0.1, -0.05) is 46.3 Å². The highest BCUT2D eigenvalue weighted by atomic mass is 79.9. The zero-order valence-corrected chi connectivity index (χ0v) is 21.4. The maximum absolute atomic E-state index is 12.7. The lowest BCUT2D eigenvalue weighted by atomic mass is 10.1. The molecule has 33 heavy (non-hydrogen) atoms. The number of nitrogens with one attached hydrogen (secondary N) is 1. The van der Waals surface area contributed by atoms with Gasteiger partial charge in [0, 0.05) is 28.7 Å². The standard InChI is InChI=1S/C24H25BrN2O4S2/c1-2-31-19-10-8-18(9-11-19)26-22(29)6-4-3-5-13-27-23(30)21(33-24(27)32)15-16-14-17(25)7-12-20(16)28/h7-12,14-15,28H,2-6,13H2,1H3,(H,26,29)/b21-15-. The topological polar surface area (TPSA) is 78.9 Å². The minimum absolute atomic E-state index is 0.0402. The molecule has 2 aromatic carbocycles. The van der Waals surface area contributed by atoms with Crippen molar-refractivity contribution in [2.75, 3.05) is 18.5 Å². The molecule has 2 aromatic rings. The van der Waals surface area contributed by atoms with E-state index in [4.69, 9.17) is 17.0 Å². The van der Waals surface area contributed by atoms with Crippen LogP contribution in [0, 0.1) is 0 Å². The molecule has 0 unspecified atom stereocenters. The van der Waals surface area contributed by atoms with Crippen LogP contribution in [0.25, 0.3) is 6.08 Å². The molecule has 174 valence electrons. The molecule has 0 atom stereocenters. The van der Waals surface area contributed by atoms with Crippen LogP contribution in [0.4, 0.5) is 5.69 Å². The Kier molecular flexibility index (Phi) is 9.34. The van der Waals surface area contributed by atoms with Gasteiger partial charge >= 0.3 is 0 Å². The Balaban J connectivity index is 1.41. The van der Waals surface area contributed by atoms with Crippen LogP contribution in [-0.2, 0) is 9.59 Å². The molecule has 9 heteroatoms. The molecular weight excluding hydrogens is 524 g/mol. The number of thioether (sulfide) groups is 1. The first-order valence-electron chi connectivity index (χ1n) is 10.6. The lowest BCUT2D eigenvalue weighted by molar-refractivity contribution is -0.122. The summed E-state index contributed by atoms with van der Waals surface area (Å²) in [6.07, 6.45) is 4.34. The first-order valence-corrected chi connectivity index (χ1v) is 12.7. The van der Waals surface area contributed by atoms with Crippen LogP contribution in [-0.4, -0.2) is 39.3 Å². The number of aromatic hydroxyl groups is 1. The minimum atomic E-state index is -0.155. The smallest absolute Gasteiger partial charge is 0.266 e. The fourth-order valence-corrected chi connectivity index (χ4v) is 4.91. The van der Waals surface area contributed by atoms with Crippen molar-refractivity contribution in [2.45, 2.75) is 32.6 Å². The van der Waals surface area contributed by atoms with Crippen LogP contribution in [0.1, 0.15) is 38.2 Å². The second kappa shape index (κ2) is 12.2. The third-order valence-corrected chi connectivity index (χ3v) is 6.76. The van der Waals surface area contributed by atoms with Gasteiger partial charge in [-0.2, -0.15) is 0 Å². The number of carbonyl (C=O) groups excluding carboxylic acids is 2. The second-order valence-electron chi connectivity index (χ2n) is 7.35. The zero-order chi connectivity index (χ0) is 23.8. The van der Waals surface area contributed by atoms with Crippen LogP contribution in [0.3, 0.4) is 0 Å². The third kappa shape index (κ3) is 7.31. The number of hydrogen-bond donors (Lipinski definition) is 2. The number of phenolic OH excluding ortho intramolecular Hbond substituents is 1. The number of amides is 2. The number of halogens is 1.